The van der Waals surface area contributed by atoms with Crippen LogP contribution in [-0.2, 0) is 4.79 Å². The Morgan fingerprint density at radius 1 is 1.21 bits per heavy atom. The minimum atomic E-state index is -0.928. The van der Waals surface area contributed by atoms with E-state index in [9.17, 15) is 9.18 Å². The van der Waals surface area contributed by atoms with Gasteiger partial charge in [0.25, 0.3) is 0 Å². The van der Waals surface area contributed by atoms with Crippen LogP contribution in [0.25, 0.3) is 11.4 Å². The average Bonchev–Trinajstić information content (AvgIpc) is 3.18. The number of nitrogens with one attached hydrogen (secondary N) is 2. The summed E-state index contributed by atoms with van der Waals surface area (Å²) in [6.45, 7) is 3.46. The number of amides is 1. The minimum absolute atomic E-state index is 0.160. The van der Waals surface area contributed by atoms with Crippen molar-refractivity contribution in [3.8, 4) is 17.1 Å². The topological polar surface area (TPSA) is 79.9 Å². The van der Waals surface area contributed by atoms with E-state index in [1.54, 1.807) is 27.0 Å². The lowest BCUT2D eigenvalue weighted by Crippen LogP contribution is -2.34. The molecule has 0 spiro atoms. The first kappa shape index (κ1) is 21.2. The highest BCUT2D eigenvalue weighted by molar-refractivity contribution is 8.01. The molecular weight excluding hydrogens is 411 g/mol. The van der Waals surface area contributed by atoms with Gasteiger partial charge in [0.15, 0.2) is 5.82 Å². The zero-order chi connectivity index (χ0) is 21.0. The van der Waals surface area contributed by atoms with Gasteiger partial charge < -0.3 is 4.74 Å². The van der Waals surface area contributed by atoms with Gasteiger partial charge in [0.2, 0.25) is 11.9 Å². The molecule has 1 aromatic heterocycles. The second kappa shape index (κ2) is 8.87. The molecule has 0 bridgehead atoms. The van der Waals surface area contributed by atoms with Crippen molar-refractivity contribution in [3.63, 3.8) is 0 Å². The lowest BCUT2D eigenvalue weighted by atomic mass is 10.2. The first-order chi connectivity index (χ1) is 13.8. The highest BCUT2D eigenvalue weighted by atomic mass is 32.2. The fraction of sp³-hybridized carbons (Fsp3) is 0.250. The maximum atomic E-state index is 14.3. The molecule has 0 saturated heterocycles. The standard InChI is InChI=1S/C20H21FN4O2S2/c1-20(2,29-16-10-9-14(28-4)11-15(16)21)18(26)23-19-22-17(24-25-19)12-5-7-13(27-3)8-6-12/h5-11H,1-4H3,(H2,22,23,24,25,26). The second-order valence-corrected chi connectivity index (χ2v) is 9.14. The molecule has 3 aromatic rings. The monoisotopic (exact) mass is 432 g/mol. The Morgan fingerprint density at radius 3 is 2.55 bits per heavy atom. The van der Waals surface area contributed by atoms with E-state index in [2.05, 4.69) is 20.5 Å². The Morgan fingerprint density at radius 2 is 1.93 bits per heavy atom. The van der Waals surface area contributed by atoms with Crippen LogP contribution in [0.15, 0.2) is 52.3 Å². The van der Waals surface area contributed by atoms with E-state index in [1.807, 2.05) is 36.6 Å². The summed E-state index contributed by atoms with van der Waals surface area (Å²) in [6.07, 6.45) is 1.88. The Kier molecular flexibility index (Phi) is 6.49. The van der Waals surface area contributed by atoms with Crippen molar-refractivity contribution in [3.05, 3.63) is 48.3 Å². The van der Waals surface area contributed by atoms with E-state index in [4.69, 9.17) is 4.74 Å². The third-order valence-electron chi connectivity index (χ3n) is 4.13. The van der Waals surface area contributed by atoms with Crippen LogP contribution in [0.5, 0.6) is 5.75 Å². The van der Waals surface area contributed by atoms with Crippen LogP contribution in [-0.4, -0.2) is 39.2 Å². The average molecular weight is 433 g/mol. The van der Waals surface area contributed by atoms with Gasteiger partial charge >= 0.3 is 0 Å². The maximum absolute atomic E-state index is 14.3. The van der Waals surface area contributed by atoms with E-state index in [0.29, 0.717) is 10.7 Å². The van der Waals surface area contributed by atoms with Gasteiger partial charge in [0.05, 0.1) is 11.9 Å². The number of H-pyrrole nitrogens is 1. The van der Waals surface area contributed by atoms with Crippen molar-refractivity contribution in [2.75, 3.05) is 18.7 Å². The predicted molar refractivity (Wildman–Crippen MR) is 115 cm³/mol. The molecule has 0 aliphatic carbocycles. The van der Waals surface area contributed by atoms with Crippen molar-refractivity contribution >= 4 is 35.4 Å². The molecule has 0 aliphatic heterocycles. The van der Waals surface area contributed by atoms with Crippen LogP contribution < -0.4 is 10.1 Å². The summed E-state index contributed by atoms with van der Waals surface area (Å²) in [5.74, 6) is 0.747. The molecule has 0 radical (unpaired) electrons. The zero-order valence-corrected chi connectivity index (χ0v) is 18.1. The van der Waals surface area contributed by atoms with Crippen LogP contribution in [0.4, 0.5) is 10.3 Å². The minimum Gasteiger partial charge on any atom is -0.497 e. The number of hydrogen-bond donors (Lipinski definition) is 2. The number of benzene rings is 2. The number of methoxy groups -OCH3 is 1. The first-order valence-electron chi connectivity index (χ1n) is 8.73. The molecule has 0 fully saturated rings. The molecule has 0 aliphatic rings. The molecule has 152 valence electrons. The molecular formula is C20H21FN4O2S2. The molecule has 1 amide bonds. The Labute approximate surface area is 177 Å². The van der Waals surface area contributed by atoms with Crippen molar-refractivity contribution < 1.29 is 13.9 Å². The Balaban J connectivity index is 1.69. The number of hydrogen-bond acceptors (Lipinski definition) is 6. The summed E-state index contributed by atoms with van der Waals surface area (Å²) >= 11 is 2.62. The van der Waals surface area contributed by atoms with Crippen molar-refractivity contribution in [2.45, 2.75) is 28.4 Å². The summed E-state index contributed by atoms with van der Waals surface area (Å²) < 4.78 is 18.5. The number of aromatic amines is 1. The summed E-state index contributed by atoms with van der Waals surface area (Å²) in [4.78, 5) is 18.3. The molecule has 0 atom stereocenters. The molecule has 3 rings (SSSR count). The number of rotatable bonds is 7. The van der Waals surface area contributed by atoms with Crippen LogP contribution in [0.1, 0.15) is 13.8 Å². The number of nitrogens with zero attached hydrogens (tertiary/aromatic N) is 2. The third-order valence-corrected chi connectivity index (χ3v) is 6.10. The number of halogens is 1. The molecule has 29 heavy (non-hydrogen) atoms. The number of carbonyl (C=O) groups excluding carboxylic acids is 1. The molecule has 0 saturated carbocycles. The molecule has 2 aromatic carbocycles. The number of thioether (sulfide) groups is 2. The summed E-state index contributed by atoms with van der Waals surface area (Å²) in [7, 11) is 1.60. The van der Waals surface area contributed by atoms with Gasteiger partial charge in [-0.25, -0.2) is 4.39 Å². The van der Waals surface area contributed by atoms with E-state index in [0.717, 1.165) is 28.0 Å². The van der Waals surface area contributed by atoms with E-state index in [1.165, 1.54) is 17.8 Å². The van der Waals surface area contributed by atoms with Gasteiger partial charge in [-0.05, 0) is 62.6 Å². The van der Waals surface area contributed by atoms with Crippen molar-refractivity contribution in [1.29, 1.82) is 0 Å². The molecule has 0 unspecified atom stereocenters. The highest BCUT2D eigenvalue weighted by Gasteiger charge is 2.31. The SMILES string of the molecule is COc1ccc(-c2nc(NC(=O)C(C)(C)Sc3ccc(SC)cc3F)n[nH]2)cc1. The van der Waals surface area contributed by atoms with Gasteiger partial charge in [-0.15, -0.1) is 28.6 Å². The summed E-state index contributed by atoms with van der Waals surface area (Å²) in [5.41, 5.74) is 0.809. The van der Waals surface area contributed by atoms with Crippen molar-refractivity contribution in [1.82, 2.24) is 15.2 Å². The van der Waals surface area contributed by atoms with Crippen LogP contribution in [0.2, 0.25) is 0 Å². The fourth-order valence-electron chi connectivity index (χ4n) is 2.46. The Bertz CT molecular complexity index is 1010. The van der Waals surface area contributed by atoms with E-state index >= 15 is 0 Å². The number of aromatic nitrogens is 3. The fourth-order valence-corrected chi connectivity index (χ4v) is 3.87. The van der Waals surface area contributed by atoms with Crippen LogP contribution >= 0.6 is 23.5 Å². The normalized spacial score (nSPS) is 11.3. The Hall–Kier alpha value is -2.52. The second-order valence-electron chi connectivity index (χ2n) is 6.60. The molecule has 9 heteroatoms. The number of anilines is 1. The smallest absolute Gasteiger partial charge is 0.249 e. The molecule has 1 heterocycles. The maximum Gasteiger partial charge on any atom is 0.249 e. The van der Waals surface area contributed by atoms with Crippen LogP contribution in [0, 0.1) is 5.82 Å². The quantitative estimate of drug-likeness (QED) is 0.520. The van der Waals surface area contributed by atoms with Gasteiger partial charge in [0, 0.05) is 15.4 Å². The number of carbonyl (C=O) groups is 1. The lowest BCUT2D eigenvalue weighted by Gasteiger charge is -2.22. The first-order valence-corrected chi connectivity index (χ1v) is 10.8. The van der Waals surface area contributed by atoms with Crippen molar-refractivity contribution in [2.24, 2.45) is 0 Å². The lowest BCUT2D eigenvalue weighted by molar-refractivity contribution is -0.117. The third kappa shape index (κ3) is 5.10. The number of ether oxygens (including phenoxy) is 1. The molecule has 2 N–H and O–H groups in total. The van der Waals surface area contributed by atoms with Crippen LogP contribution in [0.3, 0.4) is 0 Å². The van der Waals surface area contributed by atoms with Gasteiger partial charge in [-0.2, -0.15) is 4.98 Å². The zero-order valence-electron chi connectivity index (χ0n) is 16.4. The highest BCUT2D eigenvalue weighted by Crippen LogP contribution is 2.36. The largest absolute Gasteiger partial charge is 0.497 e. The predicted octanol–water partition coefficient (Wildman–Crippen LogP) is 4.85. The summed E-state index contributed by atoms with van der Waals surface area (Å²) in [6, 6.07) is 12.3. The van der Waals surface area contributed by atoms with E-state index < -0.39 is 4.75 Å². The van der Waals surface area contributed by atoms with Gasteiger partial charge in [-0.3, -0.25) is 15.2 Å². The summed E-state index contributed by atoms with van der Waals surface area (Å²) in [5, 5.41) is 9.55. The van der Waals surface area contributed by atoms with Gasteiger partial charge in [-0.1, -0.05) is 0 Å². The van der Waals surface area contributed by atoms with Gasteiger partial charge in [0.1, 0.15) is 11.6 Å². The van der Waals surface area contributed by atoms with E-state index in [-0.39, 0.29) is 17.7 Å². The molecule has 6 nitrogen and oxygen atoms in total.